The van der Waals surface area contributed by atoms with Crippen molar-refractivity contribution in [3.05, 3.63) is 0 Å². The molecule has 2 unspecified atom stereocenters. The van der Waals surface area contributed by atoms with Crippen LogP contribution in [0.1, 0.15) is 108 Å². The number of nitrogens with two attached hydrogens (primary N) is 1. The SMILES string of the molecule is CC(C)(C)CCCO.CC(N)C(=O)OCCCC(C)(C)C.CC(O)CC(C)(C)C. The third kappa shape index (κ3) is 38.6. The maximum Gasteiger partial charge on any atom is 0.322 e. The predicted octanol–water partition coefficient (Wildman–Crippen LogP) is 5.31. The Morgan fingerprint density at radius 2 is 1.28 bits per heavy atom. The maximum atomic E-state index is 10.9. The zero-order valence-electron chi connectivity index (χ0n) is 21.4. The summed E-state index contributed by atoms with van der Waals surface area (Å²) in [6.45, 7) is 23.7. The van der Waals surface area contributed by atoms with Crippen LogP contribution in [0.25, 0.3) is 0 Å². The summed E-state index contributed by atoms with van der Waals surface area (Å²) in [5, 5.41) is 17.3. The van der Waals surface area contributed by atoms with E-state index in [1.807, 2.05) is 6.92 Å². The van der Waals surface area contributed by atoms with E-state index in [2.05, 4.69) is 62.3 Å². The Labute approximate surface area is 181 Å². The van der Waals surface area contributed by atoms with Crippen molar-refractivity contribution >= 4 is 5.97 Å². The summed E-state index contributed by atoms with van der Waals surface area (Å²) in [5.74, 6) is -0.311. The van der Waals surface area contributed by atoms with Gasteiger partial charge in [-0.15, -0.1) is 0 Å². The molecule has 5 nitrogen and oxygen atoms in total. The van der Waals surface area contributed by atoms with Crippen LogP contribution in [0.5, 0.6) is 0 Å². The first-order chi connectivity index (χ1) is 12.8. The zero-order chi connectivity index (χ0) is 23.9. The molecule has 29 heavy (non-hydrogen) atoms. The molecule has 0 saturated heterocycles. The lowest BCUT2D eigenvalue weighted by Gasteiger charge is -2.19. The highest BCUT2D eigenvalue weighted by molar-refractivity contribution is 5.74. The van der Waals surface area contributed by atoms with E-state index in [-0.39, 0.29) is 17.5 Å². The van der Waals surface area contributed by atoms with Gasteiger partial charge in [0.15, 0.2) is 0 Å². The lowest BCUT2D eigenvalue weighted by atomic mass is 9.90. The minimum Gasteiger partial charge on any atom is -0.465 e. The summed E-state index contributed by atoms with van der Waals surface area (Å²) in [6, 6.07) is -0.505. The lowest BCUT2D eigenvalue weighted by Crippen LogP contribution is -2.29. The topological polar surface area (TPSA) is 92.8 Å². The third-order valence-electron chi connectivity index (χ3n) is 3.68. The van der Waals surface area contributed by atoms with Crippen molar-refractivity contribution in [1.82, 2.24) is 0 Å². The van der Waals surface area contributed by atoms with E-state index in [0.29, 0.717) is 24.0 Å². The molecule has 0 aliphatic rings. The quantitative estimate of drug-likeness (QED) is 0.384. The van der Waals surface area contributed by atoms with Crippen molar-refractivity contribution in [3.8, 4) is 0 Å². The van der Waals surface area contributed by atoms with E-state index >= 15 is 0 Å². The first kappa shape index (κ1) is 33.0. The third-order valence-corrected chi connectivity index (χ3v) is 3.68. The number of carbonyl (C=O) groups is 1. The number of esters is 1. The van der Waals surface area contributed by atoms with Crippen molar-refractivity contribution in [2.75, 3.05) is 13.2 Å². The normalized spacial score (nSPS) is 14.0. The fourth-order valence-corrected chi connectivity index (χ4v) is 2.40. The Bertz CT molecular complexity index is 385. The van der Waals surface area contributed by atoms with Crippen molar-refractivity contribution in [1.29, 1.82) is 0 Å². The molecule has 0 bridgehead atoms. The number of aliphatic hydroxyl groups is 2. The average molecular weight is 420 g/mol. The smallest absolute Gasteiger partial charge is 0.322 e. The fourth-order valence-electron chi connectivity index (χ4n) is 2.40. The Hall–Kier alpha value is -0.650. The number of rotatable bonds is 7. The van der Waals surface area contributed by atoms with Gasteiger partial charge in [0.1, 0.15) is 6.04 Å². The molecule has 4 N–H and O–H groups in total. The van der Waals surface area contributed by atoms with E-state index in [1.54, 1.807) is 6.92 Å². The van der Waals surface area contributed by atoms with Gasteiger partial charge in [-0.05, 0) is 62.2 Å². The maximum absolute atomic E-state index is 10.9. The molecule has 0 aromatic heterocycles. The highest BCUT2D eigenvalue weighted by atomic mass is 16.5. The van der Waals surface area contributed by atoms with Crippen molar-refractivity contribution < 1.29 is 19.7 Å². The van der Waals surface area contributed by atoms with Gasteiger partial charge in [-0.3, -0.25) is 4.79 Å². The van der Waals surface area contributed by atoms with Gasteiger partial charge < -0.3 is 20.7 Å². The van der Waals surface area contributed by atoms with Gasteiger partial charge in [0.05, 0.1) is 12.7 Å². The molecule has 0 aromatic rings. The molecule has 0 rings (SSSR count). The van der Waals surface area contributed by atoms with Gasteiger partial charge in [-0.1, -0.05) is 62.3 Å². The van der Waals surface area contributed by atoms with E-state index in [4.69, 9.17) is 20.7 Å². The molecule has 0 aliphatic carbocycles. The molecular formula is C24H53NO4. The number of hydrogen-bond donors (Lipinski definition) is 3. The van der Waals surface area contributed by atoms with Crippen LogP contribution in [0.3, 0.4) is 0 Å². The van der Waals surface area contributed by atoms with Gasteiger partial charge >= 0.3 is 5.97 Å². The van der Waals surface area contributed by atoms with Crippen LogP contribution in [-0.2, 0) is 9.53 Å². The summed E-state index contributed by atoms with van der Waals surface area (Å²) in [6.07, 6.45) is 4.73. The molecule has 0 fully saturated rings. The molecule has 0 amide bonds. The van der Waals surface area contributed by atoms with Crippen LogP contribution < -0.4 is 5.73 Å². The van der Waals surface area contributed by atoms with Gasteiger partial charge in [0.25, 0.3) is 0 Å². The summed E-state index contributed by atoms with van der Waals surface area (Å²) >= 11 is 0. The fraction of sp³-hybridized carbons (Fsp3) is 0.958. The van der Waals surface area contributed by atoms with Gasteiger partial charge in [0, 0.05) is 6.61 Å². The van der Waals surface area contributed by atoms with Gasteiger partial charge in [-0.2, -0.15) is 0 Å². The monoisotopic (exact) mass is 419 g/mol. The average Bonchev–Trinajstić information content (AvgIpc) is 2.46. The minimum absolute atomic E-state index is 0.157. The van der Waals surface area contributed by atoms with Gasteiger partial charge in [0.2, 0.25) is 0 Å². The van der Waals surface area contributed by atoms with Gasteiger partial charge in [-0.25, -0.2) is 0 Å². The number of aliphatic hydroxyl groups excluding tert-OH is 2. The highest BCUT2D eigenvalue weighted by Crippen LogP contribution is 2.21. The predicted molar refractivity (Wildman–Crippen MR) is 125 cm³/mol. The summed E-state index contributed by atoms with van der Waals surface area (Å²) in [4.78, 5) is 10.9. The van der Waals surface area contributed by atoms with Crippen molar-refractivity contribution in [3.63, 3.8) is 0 Å². The second-order valence-corrected chi connectivity index (χ2v) is 11.6. The second-order valence-electron chi connectivity index (χ2n) is 11.6. The van der Waals surface area contributed by atoms with Crippen molar-refractivity contribution in [2.45, 2.75) is 120 Å². The molecule has 0 aromatic carbocycles. The Morgan fingerprint density at radius 3 is 1.48 bits per heavy atom. The Kier molecular flexibility index (Phi) is 18.3. The van der Waals surface area contributed by atoms with Crippen molar-refractivity contribution in [2.24, 2.45) is 22.0 Å². The Balaban J connectivity index is -0.000000368. The van der Waals surface area contributed by atoms with E-state index in [1.165, 1.54) is 0 Å². The summed E-state index contributed by atoms with van der Waals surface area (Å²) in [7, 11) is 0. The molecule has 0 saturated carbocycles. The van der Waals surface area contributed by atoms with E-state index in [0.717, 1.165) is 32.1 Å². The standard InChI is InChI=1S/C10H21NO2.2C7H16O/c1-8(11)9(12)13-7-5-6-10(2,3)4;1-6(8)5-7(2,3)4;1-7(2,3)5-4-6-8/h8H,5-7,11H2,1-4H3;6,8H,5H2,1-4H3;8H,4-6H2,1-3H3. The van der Waals surface area contributed by atoms with Crippen LogP contribution in [0.2, 0.25) is 0 Å². The first-order valence-electron chi connectivity index (χ1n) is 11.0. The van der Waals surface area contributed by atoms with Crippen LogP contribution in [0.15, 0.2) is 0 Å². The zero-order valence-corrected chi connectivity index (χ0v) is 21.4. The van der Waals surface area contributed by atoms with E-state index in [9.17, 15) is 4.79 Å². The molecule has 0 spiro atoms. The first-order valence-corrected chi connectivity index (χ1v) is 11.0. The molecule has 0 heterocycles. The lowest BCUT2D eigenvalue weighted by molar-refractivity contribution is -0.145. The summed E-state index contributed by atoms with van der Waals surface area (Å²) < 4.78 is 4.93. The van der Waals surface area contributed by atoms with E-state index < -0.39 is 6.04 Å². The molecular weight excluding hydrogens is 366 g/mol. The number of hydrogen-bond acceptors (Lipinski definition) is 5. The second kappa shape index (κ2) is 16.1. The van der Waals surface area contributed by atoms with Crippen LogP contribution in [0.4, 0.5) is 0 Å². The molecule has 0 radical (unpaired) electrons. The molecule has 2 atom stereocenters. The largest absolute Gasteiger partial charge is 0.465 e. The van der Waals surface area contributed by atoms with Crippen LogP contribution in [0, 0.1) is 16.2 Å². The minimum atomic E-state index is -0.505. The molecule has 0 aliphatic heterocycles. The molecule has 5 heteroatoms. The molecule has 178 valence electrons. The summed E-state index contributed by atoms with van der Waals surface area (Å²) in [5.41, 5.74) is 6.30. The van der Waals surface area contributed by atoms with Crippen LogP contribution >= 0.6 is 0 Å². The number of carbonyl (C=O) groups excluding carboxylic acids is 1. The van der Waals surface area contributed by atoms with Crippen LogP contribution in [-0.4, -0.2) is 41.5 Å². The highest BCUT2D eigenvalue weighted by Gasteiger charge is 2.13. The Morgan fingerprint density at radius 1 is 0.862 bits per heavy atom. The number of ether oxygens (including phenoxy) is 1.